The largest absolute Gasteiger partial charge is 0.378 e. The molecule has 0 amide bonds. The van der Waals surface area contributed by atoms with Gasteiger partial charge in [0.15, 0.2) is 5.78 Å². The van der Waals surface area contributed by atoms with E-state index in [1.165, 1.54) is 12.1 Å². The van der Waals surface area contributed by atoms with Crippen LogP contribution in [-0.2, 0) is 14.3 Å². The molecule has 2 aromatic carbocycles. The second-order valence-electron chi connectivity index (χ2n) is 14.2. The molecule has 270 valence electrons. The fraction of sp³-hybridized carbons (Fsp3) is 0.390. The summed E-state index contributed by atoms with van der Waals surface area (Å²) in [6, 6.07) is 13.4. The lowest BCUT2D eigenvalue weighted by Crippen LogP contribution is -2.36. The molecule has 2 saturated heterocycles. The number of nitrogens with zero attached hydrogens (tertiary/aromatic N) is 4. The molecule has 11 heteroatoms. The molecule has 0 unspecified atom stereocenters. The Kier molecular flexibility index (Phi) is 10.6. The van der Waals surface area contributed by atoms with Gasteiger partial charge in [-0.3, -0.25) is 25.0 Å². The Morgan fingerprint density at radius 2 is 1.06 bits per heavy atom. The van der Waals surface area contributed by atoms with E-state index in [4.69, 9.17) is 9.47 Å². The van der Waals surface area contributed by atoms with E-state index in [0.29, 0.717) is 39.3 Å². The van der Waals surface area contributed by atoms with Crippen LogP contribution in [0.25, 0.3) is 12.2 Å². The molecule has 1 saturated carbocycles. The number of allylic oxidation sites excluding steroid dienone is 8. The number of hydrogen-bond donors (Lipinski definition) is 0. The number of benzene rings is 2. The summed E-state index contributed by atoms with van der Waals surface area (Å²) in [5.74, 6) is 0.380. The number of morpholine rings is 2. The van der Waals surface area contributed by atoms with Gasteiger partial charge >= 0.3 is 0 Å². The molecule has 3 aliphatic carbocycles. The number of nitro benzene ring substituents is 2. The highest BCUT2D eigenvalue weighted by Crippen LogP contribution is 2.41. The van der Waals surface area contributed by atoms with Gasteiger partial charge in [-0.2, -0.15) is 0 Å². The lowest BCUT2D eigenvalue weighted by atomic mass is 9.80. The van der Waals surface area contributed by atoms with Crippen LogP contribution in [0.5, 0.6) is 0 Å². The molecule has 0 N–H and O–H groups in total. The first-order chi connectivity index (χ1) is 25.2. The first-order valence-electron chi connectivity index (χ1n) is 18.2. The van der Waals surface area contributed by atoms with Crippen molar-refractivity contribution in [2.75, 3.05) is 52.6 Å². The zero-order chi connectivity index (χ0) is 36.2. The second kappa shape index (κ2) is 15.6. The standard InChI is InChI=1S/C41H44N4O7/c1-28-20-35(26-33-10-8-31(39(33)42-12-16-51-17-13-42)22-29-4-2-6-37(24-29)44(47)48)41(46)36(21-28)27-34-11-9-32(40(34)43-14-18-52-19-15-43)23-30-5-3-7-38(25-30)45(49)50/h2-7,22-28H,8-21H2,1H3. The molecule has 0 bridgehead atoms. The third kappa shape index (κ3) is 7.85. The van der Waals surface area contributed by atoms with Crippen molar-refractivity contribution in [3.63, 3.8) is 0 Å². The molecule has 5 aliphatic rings. The summed E-state index contributed by atoms with van der Waals surface area (Å²) in [7, 11) is 0. The molecule has 2 aromatic rings. The van der Waals surface area contributed by atoms with Crippen molar-refractivity contribution < 1.29 is 24.1 Å². The Labute approximate surface area is 303 Å². The summed E-state index contributed by atoms with van der Waals surface area (Å²) in [5, 5.41) is 22.9. The molecular formula is C41H44N4O7. The number of carbonyl (C=O) groups is 1. The predicted octanol–water partition coefficient (Wildman–Crippen LogP) is 7.58. The van der Waals surface area contributed by atoms with Gasteiger partial charge in [-0.15, -0.1) is 0 Å². The van der Waals surface area contributed by atoms with Gasteiger partial charge in [0, 0.05) is 73.0 Å². The van der Waals surface area contributed by atoms with Crippen LogP contribution in [0.3, 0.4) is 0 Å². The third-order valence-electron chi connectivity index (χ3n) is 10.5. The monoisotopic (exact) mass is 704 g/mol. The van der Waals surface area contributed by atoms with Gasteiger partial charge in [0.1, 0.15) is 0 Å². The van der Waals surface area contributed by atoms with E-state index in [9.17, 15) is 25.0 Å². The van der Waals surface area contributed by atoms with Gasteiger partial charge in [0.05, 0.1) is 36.3 Å². The Morgan fingerprint density at radius 1 is 0.635 bits per heavy atom. The first-order valence-corrected chi connectivity index (χ1v) is 18.2. The van der Waals surface area contributed by atoms with E-state index in [0.717, 1.165) is 108 Å². The molecule has 0 radical (unpaired) electrons. The van der Waals surface area contributed by atoms with Gasteiger partial charge in [-0.05, 0) is 102 Å². The molecule has 0 aromatic heterocycles. The smallest absolute Gasteiger partial charge is 0.270 e. The highest BCUT2D eigenvalue weighted by atomic mass is 16.6. The summed E-state index contributed by atoms with van der Waals surface area (Å²) in [6.45, 7) is 7.67. The SMILES string of the molecule is CC1CC(=CC2=C(N3CCOCC3)C(=Cc3cccc([N+](=O)[O-])c3)CC2)C(=O)C(=CC2=C(N3CCOCC3)C(=Cc3cccc([N+](=O)[O-])c3)CC2)C1. The average Bonchev–Trinajstić information content (AvgIpc) is 3.73. The maximum Gasteiger partial charge on any atom is 0.270 e. The van der Waals surface area contributed by atoms with Crippen molar-refractivity contribution in [2.24, 2.45) is 5.92 Å². The van der Waals surface area contributed by atoms with Crippen LogP contribution in [0.15, 0.2) is 106 Å². The number of ketones is 1. The molecule has 2 aliphatic heterocycles. The maximum absolute atomic E-state index is 14.4. The fourth-order valence-corrected chi connectivity index (χ4v) is 8.12. The van der Waals surface area contributed by atoms with Crippen molar-refractivity contribution in [3.05, 3.63) is 137 Å². The van der Waals surface area contributed by atoms with E-state index in [1.54, 1.807) is 24.3 Å². The summed E-state index contributed by atoms with van der Waals surface area (Å²) < 4.78 is 11.4. The van der Waals surface area contributed by atoms with Gasteiger partial charge in [0.2, 0.25) is 0 Å². The summed E-state index contributed by atoms with van der Waals surface area (Å²) in [4.78, 5) is 41.2. The molecular weight excluding hydrogens is 660 g/mol. The van der Waals surface area contributed by atoms with Crippen LogP contribution in [-0.4, -0.2) is 78.0 Å². The van der Waals surface area contributed by atoms with E-state index < -0.39 is 0 Å². The van der Waals surface area contributed by atoms with Crippen LogP contribution in [0.4, 0.5) is 11.4 Å². The van der Waals surface area contributed by atoms with Gasteiger partial charge in [-0.25, -0.2) is 0 Å². The first kappa shape index (κ1) is 35.3. The lowest BCUT2D eigenvalue weighted by Gasteiger charge is -2.32. The summed E-state index contributed by atoms with van der Waals surface area (Å²) in [6.07, 6.45) is 12.9. The zero-order valence-electron chi connectivity index (χ0n) is 29.6. The fourth-order valence-electron chi connectivity index (χ4n) is 8.12. The van der Waals surface area contributed by atoms with Crippen LogP contribution in [0.2, 0.25) is 0 Å². The van der Waals surface area contributed by atoms with Crippen LogP contribution in [0, 0.1) is 26.1 Å². The number of ether oxygens (including phenoxy) is 2. The van der Waals surface area contributed by atoms with Crippen molar-refractivity contribution in [3.8, 4) is 0 Å². The number of hydrogen-bond acceptors (Lipinski definition) is 9. The number of non-ortho nitro benzene ring substituents is 2. The number of Topliss-reactive ketones (excluding diaryl/α,β-unsaturated/α-hetero) is 1. The minimum atomic E-state index is -0.369. The van der Waals surface area contributed by atoms with Crippen molar-refractivity contribution in [2.45, 2.75) is 45.4 Å². The second-order valence-corrected chi connectivity index (χ2v) is 14.2. The Hall–Kier alpha value is -5.13. The Morgan fingerprint density at radius 3 is 1.46 bits per heavy atom. The molecule has 3 fully saturated rings. The van der Waals surface area contributed by atoms with Crippen LogP contribution in [0.1, 0.15) is 56.6 Å². The quantitative estimate of drug-likeness (QED) is 0.155. The molecule has 2 heterocycles. The van der Waals surface area contributed by atoms with Gasteiger partial charge < -0.3 is 19.3 Å². The number of carbonyl (C=O) groups excluding carboxylic acids is 1. The minimum absolute atomic E-state index is 0.0634. The van der Waals surface area contributed by atoms with Crippen LogP contribution >= 0.6 is 0 Å². The van der Waals surface area contributed by atoms with Crippen LogP contribution < -0.4 is 0 Å². The van der Waals surface area contributed by atoms with Crippen molar-refractivity contribution in [1.82, 2.24) is 9.80 Å². The molecule has 7 rings (SSSR count). The molecule has 52 heavy (non-hydrogen) atoms. The third-order valence-corrected chi connectivity index (χ3v) is 10.5. The number of rotatable bonds is 8. The van der Waals surface area contributed by atoms with E-state index in [-0.39, 0.29) is 32.9 Å². The zero-order valence-corrected chi connectivity index (χ0v) is 29.6. The van der Waals surface area contributed by atoms with Gasteiger partial charge in [-0.1, -0.05) is 31.2 Å². The Balaban J connectivity index is 1.25. The number of nitro groups is 2. The van der Waals surface area contributed by atoms with E-state index in [1.807, 2.05) is 12.1 Å². The maximum atomic E-state index is 14.4. The van der Waals surface area contributed by atoms with E-state index in [2.05, 4.69) is 41.0 Å². The highest BCUT2D eigenvalue weighted by Gasteiger charge is 2.31. The predicted molar refractivity (Wildman–Crippen MR) is 199 cm³/mol. The highest BCUT2D eigenvalue weighted by molar-refractivity contribution is 6.09. The summed E-state index contributed by atoms with van der Waals surface area (Å²) >= 11 is 0. The average molecular weight is 705 g/mol. The molecule has 0 atom stereocenters. The normalized spacial score (nSPS) is 24.6. The van der Waals surface area contributed by atoms with Crippen molar-refractivity contribution >= 4 is 29.3 Å². The Bertz CT molecular complexity index is 1820. The van der Waals surface area contributed by atoms with Crippen molar-refractivity contribution in [1.29, 1.82) is 0 Å². The van der Waals surface area contributed by atoms with E-state index >= 15 is 0 Å². The molecule has 0 spiro atoms. The minimum Gasteiger partial charge on any atom is -0.378 e. The van der Waals surface area contributed by atoms with Gasteiger partial charge in [0.25, 0.3) is 11.4 Å². The topological polar surface area (TPSA) is 128 Å². The molecule has 11 nitrogen and oxygen atoms in total. The lowest BCUT2D eigenvalue weighted by molar-refractivity contribution is -0.385. The summed E-state index contributed by atoms with van der Waals surface area (Å²) in [5.41, 5.74) is 10.1.